The Labute approximate surface area is 133 Å². The van der Waals surface area contributed by atoms with E-state index in [4.69, 9.17) is 0 Å². The van der Waals surface area contributed by atoms with Crippen LogP contribution in [0, 0.1) is 0 Å². The van der Waals surface area contributed by atoms with Crippen molar-refractivity contribution >= 4 is 0 Å². The molecule has 2 heteroatoms. The number of phenols is 2. The molecular weight excluding hydrogens is 272 g/mol. The summed E-state index contributed by atoms with van der Waals surface area (Å²) >= 11 is 0. The molecule has 2 aromatic rings. The van der Waals surface area contributed by atoms with Crippen molar-refractivity contribution in [2.75, 3.05) is 0 Å². The van der Waals surface area contributed by atoms with Crippen molar-refractivity contribution in [2.45, 2.75) is 51.4 Å². The normalized spacial score (nSPS) is 13.7. The molecule has 0 aromatic heterocycles. The van der Waals surface area contributed by atoms with Gasteiger partial charge in [-0.2, -0.15) is 0 Å². The number of hydrogen-bond acceptors (Lipinski definition) is 2. The Kier molecular flexibility index (Phi) is 5.88. The highest BCUT2D eigenvalue weighted by Gasteiger charge is 2.24. The second-order valence-electron chi connectivity index (χ2n) is 5.98. The predicted molar refractivity (Wildman–Crippen MR) is 91.5 cm³/mol. The van der Waals surface area contributed by atoms with Crippen molar-refractivity contribution in [3.63, 3.8) is 0 Å². The Morgan fingerprint density at radius 3 is 1.45 bits per heavy atom. The molecule has 0 amide bonds. The van der Waals surface area contributed by atoms with Gasteiger partial charge in [-0.15, -0.1) is 0 Å². The summed E-state index contributed by atoms with van der Waals surface area (Å²) in [4.78, 5) is 0. The van der Waals surface area contributed by atoms with E-state index in [1.54, 1.807) is 12.1 Å². The molecule has 2 atom stereocenters. The fourth-order valence-electron chi connectivity index (χ4n) is 3.33. The van der Waals surface area contributed by atoms with Crippen molar-refractivity contribution < 1.29 is 10.2 Å². The Bertz CT molecular complexity index is 538. The molecule has 2 aromatic carbocycles. The SMILES string of the molecule is CCC[C@@H](c1cccc(O)c1)[C@@H](CCC)c1cccc(O)c1. The second kappa shape index (κ2) is 7.88. The number of aromatic hydroxyl groups is 2. The van der Waals surface area contributed by atoms with Crippen LogP contribution in [0.1, 0.15) is 62.5 Å². The summed E-state index contributed by atoms with van der Waals surface area (Å²) in [5.41, 5.74) is 2.37. The third kappa shape index (κ3) is 4.03. The largest absolute Gasteiger partial charge is 0.508 e. The van der Waals surface area contributed by atoms with Crippen LogP contribution in [0.2, 0.25) is 0 Å². The molecule has 0 saturated carbocycles. The molecule has 118 valence electrons. The zero-order valence-electron chi connectivity index (χ0n) is 13.5. The Morgan fingerprint density at radius 1 is 0.727 bits per heavy atom. The van der Waals surface area contributed by atoms with E-state index in [1.807, 2.05) is 24.3 Å². The van der Waals surface area contributed by atoms with Gasteiger partial charge < -0.3 is 10.2 Å². The van der Waals surface area contributed by atoms with Crippen LogP contribution in [0.4, 0.5) is 0 Å². The van der Waals surface area contributed by atoms with Crippen molar-refractivity contribution in [3.8, 4) is 11.5 Å². The van der Waals surface area contributed by atoms with Crippen LogP contribution in [0.15, 0.2) is 48.5 Å². The fourth-order valence-corrected chi connectivity index (χ4v) is 3.33. The van der Waals surface area contributed by atoms with Gasteiger partial charge >= 0.3 is 0 Å². The summed E-state index contributed by atoms with van der Waals surface area (Å²) in [7, 11) is 0. The molecule has 0 unspecified atom stereocenters. The summed E-state index contributed by atoms with van der Waals surface area (Å²) in [6.07, 6.45) is 4.34. The predicted octanol–water partition coefficient (Wildman–Crippen LogP) is 5.57. The molecule has 0 aliphatic carbocycles. The maximum Gasteiger partial charge on any atom is 0.115 e. The second-order valence-corrected chi connectivity index (χ2v) is 5.98. The van der Waals surface area contributed by atoms with Crippen molar-refractivity contribution in [2.24, 2.45) is 0 Å². The van der Waals surface area contributed by atoms with Crippen molar-refractivity contribution in [1.29, 1.82) is 0 Å². The Morgan fingerprint density at radius 2 is 1.14 bits per heavy atom. The van der Waals surface area contributed by atoms with E-state index in [-0.39, 0.29) is 0 Å². The van der Waals surface area contributed by atoms with Gasteiger partial charge in [0.15, 0.2) is 0 Å². The monoisotopic (exact) mass is 298 g/mol. The fraction of sp³-hybridized carbons (Fsp3) is 0.400. The molecule has 0 radical (unpaired) electrons. The summed E-state index contributed by atoms with van der Waals surface area (Å²) in [6, 6.07) is 15.2. The van der Waals surface area contributed by atoms with Crippen LogP contribution in [0.5, 0.6) is 11.5 Å². The maximum absolute atomic E-state index is 9.82. The standard InChI is InChI=1S/C20H26O2/c1-3-7-19(15-9-5-11-17(21)13-15)20(8-4-2)16-10-6-12-18(22)14-16/h5-6,9-14,19-22H,3-4,7-8H2,1-2H3/t19-,20-/m0/s1. The molecular formula is C20H26O2. The maximum atomic E-state index is 9.82. The molecule has 0 aliphatic rings. The van der Waals surface area contributed by atoms with Crippen LogP contribution in [-0.2, 0) is 0 Å². The molecule has 0 bridgehead atoms. The van der Waals surface area contributed by atoms with E-state index in [9.17, 15) is 10.2 Å². The lowest BCUT2D eigenvalue weighted by Gasteiger charge is -2.28. The first kappa shape index (κ1) is 16.4. The van der Waals surface area contributed by atoms with Gasteiger partial charge in [0.05, 0.1) is 0 Å². The number of phenolic OH excluding ortho intramolecular Hbond substituents is 2. The number of hydrogen-bond donors (Lipinski definition) is 2. The van der Waals surface area contributed by atoms with Crippen LogP contribution in [0.25, 0.3) is 0 Å². The number of rotatable bonds is 7. The van der Waals surface area contributed by atoms with E-state index in [1.165, 1.54) is 11.1 Å². The molecule has 2 rings (SSSR count). The number of benzene rings is 2. The Hall–Kier alpha value is -1.96. The van der Waals surface area contributed by atoms with Gasteiger partial charge in [-0.1, -0.05) is 51.0 Å². The lowest BCUT2D eigenvalue weighted by molar-refractivity contribution is 0.449. The molecule has 0 spiro atoms. The first-order valence-electron chi connectivity index (χ1n) is 8.23. The molecule has 22 heavy (non-hydrogen) atoms. The van der Waals surface area contributed by atoms with Gasteiger partial charge in [-0.3, -0.25) is 0 Å². The van der Waals surface area contributed by atoms with Crippen molar-refractivity contribution in [3.05, 3.63) is 59.7 Å². The van der Waals surface area contributed by atoms with Crippen LogP contribution in [0.3, 0.4) is 0 Å². The van der Waals surface area contributed by atoms with Gasteiger partial charge in [0.1, 0.15) is 11.5 Å². The van der Waals surface area contributed by atoms with Crippen LogP contribution in [-0.4, -0.2) is 10.2 Å². The van der Waals surface area contributed by atoms with E-state index in [2.05, 4.69) is 26.0 Å². The minimum Gasteiger partial charge on any atom is -0.508 e. The third-order valence-corrected chi connectivity index (χ3v) is 4.28. The van der Waals surface area contributed by atoms with Gasteiger partial charge in [0, 0.05) is 0 Å². The van der Waals surface area contributed by atoms with Crippen LogP contribution >= 0.6 is 0 Å². The van der Waals surface area contributed by atoms with Gasteiger partial charge in [-0.05, 0) is 60.1 Å². The minimum atomic E-state index is 0.324. The molecule has 0 heterocycles. The van der Waals surface area contributed by atoms with Crippen molar-refractivity contribution in [1.82, 2.24) is 0 Å². The quantitative estimate of drug-likeness (QED) is 0.702. The minimum absolute atomic E-state index is 0.324. The summed E-state index contributed by atoms with van der Waals surface area (Å²) in [5.74, 6) is 1.37. The molecule has 0 saturated heterocycles. The third-order valence-electron chi connectivity index (χ3n) is 4.28. The smallest absolute Gasteiger partial charge is 0.115 e. The first-order chi connectivity index (χ1) is 10.7. The average Bonchev–Trinajstić information content (AvgIpc) is 2.51. The van der Waals surface area contributed by atoms with E-state index >= 15 is 0 Å². The lowest BCUT2D eigenvalue weighted by Crippen LogP contribution is -2.12. The van der Waals surface area contributed by atoms with Gasteiger partial charge in [0.2, 0.25) is 0 Å². The molecule has 0 fully saturated rings. The van der Waals surface area contributed by atoms with Crippen LogP contribution < -0.4 is 0 Å². The highest BCUT2D eigenvalue weighted by molar-refractivity contribution is 5.36. The average molecular weight is 298 g/mol. The zero-order chi connectivity index (χ0) is 15.9. The summed E-state index contributed by atoms with van der Waals surface area (Å²) in [5, 5.41) is 19.6. The molecule has 2 nitrogen and oxygen atoms in total. The zero-order valence-corrected chi connectivity index (χ0v) is 13.5. The summed E-state index contributed by atoms with van der Waals surface area (Å²) in [6.45, 7) is 4.39. The summed E-state index contributed by atoms with van der Waals surface area (Å²) < 4.78 is 0. The molecule has 0 aliphatic heterocycles. The van der Waals surface area contributed by atoms with Gasteiger partial charge in [0.25, 0.3) is 0 Å². The molecule has 2 N–H and O–H groups in total. The highest BCUT2D eigenvalue weighted by Crippen LogP contribution is 2.41. The van der Waals surface area contributed by atoms with Gasteiger partial charge in [-0.25, -0.2) is 0 Å². The topological polar surface area (TPSA) is 40.5 Å². The van der Waals surface area contributed by atoms with E-state index < -0.39 is 0 Å². The van der Waals surface area contributed by atoms with E-state index in [0.717, 1.165) is 25.7 Å². The van der Waals surface area contributed by atoms with E-state index in [0.29, 0.717) is 23.3 Å². The highest BCUT2D eigenvalue weighted by atomic mass is 16.3. The first-order valence-corrected chi connectivity index (χ1v) is 8.23. The Balaban J connectivity index is 2.41. The lowest BCUT2D eigenvalue weighted by atomic mass is 9.76.